The summed E-state index contributed by atoms with van der Waals surface area (Å²) in [6.07, 6.45) is 5.73. The molecule has 1 aliphatic heterocycles. The summed E-state index contributed by atoms with van der Waals surface area (Å²) in [5, 5.41) is 7.69. The van der Waals surface area contributed by atoms with Crippen LogP contribution in [-0.4, -0.2) is 17.4 Å². The number of nitrogens with zero attached hydrogens (tertiary/aromatic N) is 2. The second kappa shape index (κ2) is 6.02. The van der Waals surface area contributed by atoms with Gasteiger partial charge in [-0.25, -0.2) is 4.99 Å². The molecule has 1 aliphatic carbocycles. The lowest BCUT2D eigenvalue weighted by Crippen LogP contribution is -2.55. The number of pyridine rings is 1. The van der Waals surface area contributed by atoms with Crippen molar-refractivity contribution in [3.8, 4) is 0 Å². The molecule has 0 amide bonds. The third-order valence-corrected chi connectivity index (χ3v) is 4.45. The van der Waals surface area contributed by atoms with Gasteiger partial charge in [0.2, 0.25) is 0 Å². The molecule has 1 saturated carbocycles. The van der Waals surface area contributed by atoms with Crippen LogP contribution in [0.4, 0.5) is 0 Å². The van der Waals surface area contributed by atoms with Gasteiger partial charge in [0.1, 0.15) is 5.49 Å². The highest BCUT2D eigenvalue weighted by molar-refractivity contribution is 5.40. The molecule has 2 aliphatic rings. The van der Waals surface area contributed by atoms with Crippen molar-refractivity contribution in [3.05, 3.63) is 33.2 Å². The summed E-state index contributed by atoms with van der Waals surface area (Å²) in [5.74, 6) is 0. The van der Waals surface area contributed by atoms with E-state index in [1.165, 1.54) is 19.3 Å². The third kappa shape index (κ3) is 2.75. The minimum atomic E-state index is -0.140. The molecule has 21 heavy (non-hydrogen) atoms. The van der Waals surface area contributed by atoms with E-state index in [-0.39, 0.29) is 11.8 Å². The van der Waals surface area contributed by atoms with Crippen molar-refractivity contribution in [1.29, 1.82) is 0 Å². The Morgan fingerprint density at radius 2 is 2.10 bits per heavy atom. The highest BCUT2D eigenvalue weighted by atomic mass is 16.1. The minimum Gasteiger partial charge on any atom is -0.354 e. The van der Waals surface area contributed by atoms with E-state index in [0.29, 0.717) is 6.04 Å². The van der Waals surface area contributed by atoms with Crippen molar-refractivity contribution in [2.24, 2.45) is 4.99 Å². The Labute approximate surface area is 124 Å². The summed E-state index contributed by atoms with van der Waals surface area (Å²) in [6, 6.07) is 3.88. The lowest BCUT2D eigenvalue weighted by atomic mass is 9.95. The molecule has 1 aromatic rings. The molecule has 1 fully saturated rings. The fourth-order valence-corrected chi connectivity index (χ4v) is 3.39. The van der Waals surface area contributed by atoms with E-state index in [2.05, 4.69) is 17.6 Å². The summed E-state index contributed by atoms with van der Waals surface area (Å²) >= 11 is 0. The Balaban J connectivity index is 2.17. The molecule has 0 bridgehead atoms. The zero-order chi connectivity index (χ0) is 14.8. The van der Waals surface area contributed by atoms with E-state index >= 15 is 0 Å². The summed E-state index contributed by atoms with van der Waals surface area (Å²) < 4.78 is 1.93. The number of rotatable bonds is 3. The van der Waals surface area contributed by atoms with Gasteiger partial charge in [-0.2, -0.15) is 0 Å². The minimum absolute atomic E-state index is 0.0781. The van der Waals surface area contributed by atoms with E-state index in [1.807, 2.05) is 17.6 Å². The van der Waals surface area contributed by atoms with Crippen molar-refractivity contribution in [2.45, 2.75) is 58.3 Å². The first-order chi connectivity index (χ1) is 10.2. The second-order valence-corrected chi connectivity index (χ2v) is 5.93. The van der Waals surface area contributed by atoms with E-state index < -0.39 is 0 Å². The number of hydrogen-bond acceptors (Lipinski definition) is 4. The lowest BCUT2D eigenvalue weighted by Gasteiger charge is -2.27. The summed E-state index contributed by atoms with van der Waals surface area (Å²) in [5.41, 5.74) is 2.00. The van der Waals surface area contributed by atoms with Gasteiger partial charge in [0, 0.05) is 23.0 Å². The van der Waals surface area contributed by atoms with Crippen LogP contribution < -0.4 is 26.9 Å². The van der Waals surface area contributed by atoms with Gasteiger partial charge in [0.25, 0.3) is 5.56 Å². The van der Waals surface area contributed by atoms with Crippen LogP contribution in [0, 0.1) is 0 Å². The molecule has 2 heterocycles. The van der Waals surface area contributed by atoms with Crippen LogP contribution in [0.2, 0.25) is 0 Å². The fourth-order valence-electron chi connectivity index (χ4n) is 3.39. The average Bonchev–Trinajstić information content (AvgIpc) is 2.48. The predicted molar refractivity (Wildman–Crippen MR) is 83.3 cm³/mol. The van der Waals surface area contributed by atoms with E-state index in [1.54, 1.807) is 6.07 Å². The zero-order valence-electron chi connectivity index (χ0n) is 12.9. The normalized spacial score (nSPS) is 22.4. The standard InChI is InChI=1S/C16H24N4O/c1-3-17-16-18-11(2)13-9-10-14(21)20(15(13)19-16)12-7-5-4-6-8-12/h9-10,12,16-18H,3-8H2,1-2H3. The highest BCUT2D eigenvalue weighted by Crippen LogP contribution is 2.25. The Morgan fingerprint density at radius 3 is 2.81 bits per heavy atom. The number of nitrogens with one attached hydrogen (secondary N) is 2. The van der Waals surface area contributed by atoms with E-state index in [0.717, 1.165) is 35.8 Å². The van der Waals surface area contributed by atoms with Crippen LogP contribution >= 0.6 is 0 Å². The largest absolute Gasteiger partial charge is 0.354 e. The molecule has 0 aromatic carbocycles. The van der Waals surface area contributed by atoms with Gasteiger partial charge in [-0.3, -0.25) is 14.7 Å². The smallest absolute Gasteiger partial charge is 0.252 e. The van der Waals surface area contributed by atoms with Gasteiger partial charge in [-0.1, -0.05) is 26.2 Å². The van der Waals surface area contributed by atoms with Crippen molar-refractivity contribution in [1.82, 2.24) is 15.2 Å². The van der Waals surface area contributed by atoms with Crippen molar-refractivity contribution in [2.75, 3.05) is 6.54 Å². The van der Waals surface area contributed by atoms with Crippen LogP contribution in [0.5, 0.6) is 0 Å². The summed E-state index contributed by atoms with van der Waals surface area (Å²) in [7, 11) is 0. The molecule has 1 unspecified atom stereocenters. The molecule has 0 saturated heterocycles. The van der Waals surface area contributed by atoms with Crippen LogP contribution in [0.15, 0.2) is 21.9 Å². The monoisotopic (exact) mass is 288 g/mol. The van der Waals surface area contributed by atoms with Crippen LogP contribution in [0.3, 0.4) is 0 Å². The Bertz CT molecular complexity index is 685. The lowest BCUT2D eigenvalue weighted by molar-refractivity contribution is 0.331. The molecule has 3 rings (SSSR count). The molecular weight excluding hydrogens is 264 g/mol. The molecule has 114 valence electrons. The van der Waals surface area contributed by atoms with Crippen molar-refractivity contribution >= 4 is 5.70 Å². The van der Waals surface area contributed by atoms with Crippen LogP contribution in [0.25, 0.3) is 5.70 Å². The number of hydrogen-bond donors (Lipinski definition) is 2. The van der Waals surface area contributed by atoms with Gasteiger partial charge < -0.3 is 5.32 Å². The molecular formula is C16H24N4O. The van der Waals surface area contributed by atoms with Crippen LogP contribution in [0.1, 0.15) is 52.0 Å². The highest BCUT2D eigenvalue weighted by Gasteiger charge is 2.20. The van der Waals surface area contributed by atoms with Gasteiger partial charge in [-0.15, -0.1) is 0 Å². The van der Waals surface area contributed by atoms with Crippen molar-refractivity contribution < 1.29 is 0 Å². The van der Waals surface area contributed by atoms with Gasteiger partial charge in [0.15, 0.2) is 6.29 Å². The predicted octanol–water partition coefficient (Wildman–Crippen LogP) is 0.598. The van der Waals surface area contributed by atoms with Gasteiger partial charge in [-0.05, 0) is 32.4 Å². The molecule has 0 radical (unpaired) electrons. The second-order valence-electron chi connectivity index (χ2n) is 5.93. The first kappa shape index (κ1) is 14.3. The maximum atomic E-state index is 12.4. The SMILES string of the molecule is CCNC1N=c2c(ccc(=O)n2C2CCCCC2)=C(C)N1. The maximum absolute atomic E-state index is 12.4. The summed E-state index contributed by atoms with van der Waals surface area (Å²) in [6.45, 7) is 4.94. The Hall–Kier alpha value is -1.62. The molecule has 5 nitrogen and oxygen atoms in total. The first-order valence-electron chi connectivity index (χ1n) is 8.01. The van der Waals surface area contributed by atoms with Gasteiger partial charge >= 0.3 is 0 Å². The maximum Gasteiger partial charge on any atom is 0.252 e. The number of fused-ring (bicyclic) bond motifs is 1. The van der Waals surface area contributed by atoms with Crippen LogP contribution in [-0.2, 0) is 0 Å². The first-order valence-corrected chi connectivity index (χ1v) is 8.01. The number of aromatic nitrogens is 1. The summed E-state index contributed by atoms with van der Waals surface area (Å²) in [4.78, 5) is 17.2. The van der Waals surface area contributed by atoms with Crippen molar-refractivity contribution in [3.63, 3.8) is 0 Å². The average molecular weight is 288 g/mol. The quantitative estimate of drug-likeness (QED) is 0.856. The topological polar surface area (TPSA) is 58.4 Å². The molecule has 0 spiro atoms. The Kier molecular flexibility index (Phi) is 4.10. The molecule has 5 heteroatoms. The fraction of sp³-hybridized carbons (Fsp3) is 0.625. The zero-order valence-corrected chi connectivity index (χ0v) is 12.9. The van der Waals surface area contributed by atoms with Gasteiger partial charge in [0.05, 0.1) is 0 Å². The molecule has 2 N–H and O–H groups in total. The van der Waals surface area contributed by atoms with E-state index in [4.69, 9.17) is 4.99 Å². The molecule has 1 aromatic heterocycles. The molecule has 1 atom stereocenters. The Morgan fingerprint density at radius 1 is 1.33 bits per heavy atom. The third-order valence-electron chi connectivity index (χ3n) is 4.45. The van der Waals surface area contributed by atoms with E-state index in [9.17, 15) is 4.79 Å².